The molecule has 4 nitrogen and oxygen atoms in total. The van der Waals surface area contributed by atoms with Crippen LogP contribution >= 0.6 is 0 Å². The summed E-state index contributed by atoms with van der Waals surface area (Å²) in [6, 6.07) is 1.60. The normalized spacial score (nSPS) is 16.5. The first-order valence-corrected chi connectivity index (χ1v) is 6.60. The van der Waals surface area contributed by atoms with Crippen molar-refractivity contribution in [2.24, 2.45) is 0 Å². The molecule has 0 spiro atoms. The van der Waals surface area contributed by atoms with Gasteiger partial charge >= 0.3 is 0 Å². The molecule has 2 rings (SSSR count). The Kier molecular flexibility index (Phi) is 4.31. The lowest BCUT2D eigenvalue weighted by atomic mass is 10.1. The standard InChI is InChI=1S/C13H21N3O/c1-2-7-14-9-11-8-12(17)16-13(15-11)10-5-3-4-6-10/h8,10,14H,2-7,9H2,1H3,(H,15,16,17). The number of aromatic nitrogens is 2. The summed E-state index contributed by atoms with van der Waals surface area (Å²) in [5.74, 6) is 1.36. The number of aromatic amines is 1. The minimum atomic E-state index is -0.0183. The first kappa shape index (κ1) is 12.3. The molecule has 1 saturated carbocycles. The van der Waals surface area contributed by atoms with Gasteiger partial charge in [0.15, 0.2) is 0 Å². The summed E-state index contributed by atoms with van der Waals surface area (Å²) in [4.78, 5) is 19.0. The van der Waals surface area contributed by atoms with Crippen LogP contribution in [0.1, 0.15) is 56.5 Å². The van der Waals surface area contributed by atoms with Crippen molar-refractivity contribution in [2.75, 3.05) is 6.54 Å². The minimum Gasteiger partial charge on any atom is -0.311 e. The lowest BCUT2D eigenvalue weighted by Crippen LogP contribution is -2.20. The van der Waals surface area contributed by atoms with Crippen molar-refractivity contribution >= 4 is 0 Å². The fraction of sp³-hybridized carbons (Fsp3) is 0.692. The topological polar surface area (TPSA) is 57.8 Å². The van der Waals surface area contributed by atoms with Crippen molar-refractivity contribution in [1.82, 2.24) is 15.3 Å². The lowest BCUT2D eigenvalue weighted by molar-refractivity contribution is 0.628. The molecule has 0 aromatic carbocycles. The average Bonchev–Trinajstić information content (AvgIpc) is 2.82. The quantitative estimate of drug-likeness (QED) is 0.767. The molecule has 0 atom stereocenters. The molecule has 17 heavy (non-hydrogen) atoms. The summed E-state index contributed by atoms with van der Waals surface area (Å²) in [6.07, 6.45) is 5.93. The SMILES string of the molecule is CCCNCc1cc(=O)[nH]c(C2CCCC2)n1. The highest BCUT2D eigenvalue weighted by atomic mass is 16.1. The Morgan fingerprint density at radius 3 is 2.94 bits per heavy atom. The highest BCUT2D eigenvalue weighted by Gasteiger charge is 2.19. The van der Waals surface area contributed by atoms with E-state index in [1.807, 2.05) is 0 Å². The molecule has 0 aliphatic heterocycles. The van der Waals surface area contributed by atoms with Gasteiger partial charge in [0, 0.05) is 18.5 Å². The van der Waals surface area contributed by atoms with Gasteiger partial charge < -0.3 is 10.3 Å². The summed E-state index contributed by atoms with van der Waals surface area (Å²) in [5, 5.41) is 3.28. The van der Waals surface area contributed by atoms with Crippen molar-refractivity contribution in [3.8, 4) is 0 Å². The van der Waals surface area contributed by atoms with Gasteiger partial charge in [0.05, 0.1) is 5.69 Å². The number of hydrogen-bond acceptors (Lipinski definition) is 3. The predicted octanol–water partition coefficient (Wildman–Crippen LogP) is 1.93. The highest BCUT2D eigenvalue weighted by molar-refractivity contribution is 5.07. The van der Waals surface area contributed by atoms with Gasteiger partial charge in [-0.3, -0.25) is 4.79 Å². The van der Waals surface area contributed by atoms with Crippen LogP contribution in [0.2, 0.25) is 0 Å². The smallest absolute Gasteiger partial charge is 0.251 e. The van der Waals surface area contributed by atoms with Crippen molar-refractivity contribution in [3.63, 3.8) is 0 Å². The van der Waals surface area contributed by atoms with E-state index in [-0.39, 0.29) is 5.56 Å². The summed E-state index contributed by atoms with van der Waals surface area (Å²) in [6.45, 7) is 3.78. The third-order valence-electron chi connectivity index (χ3n) is 3.29. The third kappa shape index (κ3) is 3.40. The maximum absolute atomic E-state index is 11.6. The monoisotopic (exact) mass is 235 g/mol. The molecule has 1 aliphatic rings. The number of hydrogen-bond donors (Lipinski definition) is 2. The van der Waals surface area contributed by atoms with Crippen molar-refractivity contribution in [2.45, 2.75) is 51.5 Å². The molecule has 0 bridgehead atoms. The van der Waals surface area contributed by atoms with E-state index in [0.717, 1.165) is 37.3 Å². The van der Waals surface area contributed by atoms with E-state index >= 15 is 0 Å². The van der Waals surface area contributed by atoms with Crippen LogP contribution in [0, 0.1) is 0 Å². The molecule has 0 saturated heterocycles. The maximum Gasteiger partial charge on any atom is 0.251 e. The van der Waals surface area contributed by atoms with Crippen molar-refractivity contribution in [3.05, 3.63) is 27.9 Å². The van der Waals surface area contributed by atoms with E-state index in [1.165, 1.54) is 12.8 Å². The molecule has 1 aromatic heterocycles. The van der Waals surface area contributed by atoms with Crippen LogP contribution in [0.25, 0.3) is 0 Å². The van der Waals surface area contributed by atoms with Crippen LogP contribution in [0.5, 0.6) is 0 Å². The summed E-state index contributed by atoms with van der Waals surface area (Å²) >= 11 is 0. The Morgan fingerprint density at radius 1 is 1.47 bits per heavy atom. The van der Waals surface area contributed by atoms with E-state index in [4.69, 9.17) is 0 Å². The lowest BCUT2D eigenvalue weighted by Gasteiger charge is -2.10. The zero-order chi connectivity index (χ0) is 12.1. The molecule has 0 amide bonds. The minimum absolute atomic E-state index is 0.0183. The second-order valence-corrected chi connectivity index (χ2v) is 4.78. The molecule has 1 heterocycles. The van der Waals surface area contributed by atoms with Gasteiger partial charge in [0.25, 0.3) is 5.56 Å². The van der Waals surface area contributed by atoms with Crippen LogP contribution in [0.3, 0.4) is 0 Å². The number of H-pyrrole nitrogens is 1. The summed E-state index contributed by atoms with van der Waals surface area (Å²) in [7, 11) is 0. The van der Waals surface area contributed by atoms with Gasteiger partial charge in [0.1, 0.15) is 5.82 Å². The molecule has 1 fully saturated rings. The van der Waals surface area contributed by atoms with E-state index in [1.54, 1.807) is 6.07 Å². The van der Waals surface area contributed by atoms with E-state index in [2.05, 4.69) is 22.2 Å². The van der Waals surface area contributed by atoms with Crippen molar-refractivity contribution in [1.29, 1.82) is 0 Å². The maximum atomic E-state index is 11.6. The first-order valence-electron chi connectivity index (χ1n) is 6.60. The summed E-state index contributed by atoms with van der Waals surface area (Å²) < 4.78 is 0. The Bertz CT molecular complexity index is 407. The Labute approximate surface area is 102 Å². The number of nitrogens with zero attached hydrogens (tertiary/aromatic N) is 1. The zero-order valence-electron chi connectivity index (χ0n) is 10.5. The highest BCUT2D eigenvalue weighted by Crippen LogP contribution is 2.31. The molecule has 4 heteroatoms. The number of nitrogens with one attached hydrogen (secondary N) is 2. The average molecular weight is 235 g/mol. The van der Waals surface area contributed by atoms with Crippen LogP contribution in [0.15, 0.2) is 10.9 Å². The van der Waals surface area contributed by atoms with Crippen LogP contribution in [-0.2, 0) is 6.54 Å². The second kappa shape index (κ2) is 5.96. The van der Waals surface area contributed by atoms with Gasteiger partial charge in [-0.15, -0.1) is 0 Å². The van der Waals surface area contributed by atoms with Gasteiger partial charge in [-0.2, -0.15) is 0 Å². The first-order chi connectivity index (χ1) is 8.29. The molecule has 0 unspecified atom stereocenters. The molecule has 0 radical (unpaired) electrons. The fourth-order valence-corrected chi connectivity index (χ4v) is 2.40. The Hall–Kier alpha value is -1.16. The predicted molar refractivity (Wildman–Crippen MR) is 68.1 cm³/mol. The molecular formula is C13H21N3O. The van der Waals surface area contributed by atoms with Gasteiger partial charge in [-0.25, -0.2) is 4.98 Å². The van der Waals surface area contributed by atoms with E-state index < -0.39 is 0 Å². The van der Waals surface area contributed by atoms with E-state index in [0.29, 0.717) is 12.5 Å². The largest absolute Gasteiger partial charge is 0.311 e. The Morgan fingerprint density at radius 2 is 2.24 bits per heavy atom. The molecule has 1 aliphatic carbocycles. The number of rotatable bonds is 5. The van der Waals surface area contributed by atoms with Gasteiger partial charge in [-0.05, 0) is 25.8 Å². The molecule has 1 aromatic rings. The zero-order valence-corrected chi connectivity index (χ0v) is 10.5. The third-order valence-corrected chi connectivity index (χ3v) is 3.29. The molecule has 2 N–H and O–H groups in total. The second-order valence-electron chi connectivity index (χ2n) is 4.78. The van der Waals surface area contributed by atoms with Gasteiger partial charge in [-0.1, -0.05) is 19.8 Å². The van der Waals surface area contributed by atoms with Crippen LogP contribution in [0.4, 0.5) is 0 Å². The van der Waals surface area contributed by atoms with Gasteiger partial charge in [0.2, 0.25) is 0 Å². The molecule has 94 valence electrons. The summed E-state index contributed by atoms with van der Waals surface area (Å²) in [5.41, 5.74) is 0.847. The van der Waals surface area contributed by atoms with E-state index in [9.17, 15) is 4.79 Å². The fourth-order valence-electron chi connectivity index (χ4n) is 2.40. The Balaban J connectivity index is 2.08. The van der Waals surface area contributed by atoms with Crippen molar-refractivity contribution < 1.29 is 0 Å². The van der Waals surface area contributed by atoms with Crippen LogP contribution < -0.4 is 10.9 Å². The molecular weight excluding hydrogens is 214 g/mol. The van der Waals surface area contributed by atoms with Crippen LogP contribution in [-0.4, -0.2) is 16.5 Å².